The van der Waals surface area contributed by atoms with E-state index in [1.165, 1.54) is 24.0 Å². The van der Waals surface area contributed by atoms with Gasteiger partial charge in [0.15, 0.2) is 0 Å². The Labute approximate surface area is 103 Å². The summed E-state index contributed by atoms with van der Waals surface area (Å²) < 4.78 is 5.33. The van der Waals surface area contributed by atoms with E-state index in [-0.39, 0.29) is 0 Å². The lowest BCUT2D eigenvalue weighted by Crippen LogP contribution is -2.35. The molecule has 1 aliphatic heterocycles. The van der Waals surface area contributed by atoms with Crippen LogP contribution >= 0.6 is 0 Å². The van der Waals surface area contributed by atoms with E-state index in [0.717, 1.165) is 31.4 Å². The van der Waals surface area contributed by atoms with Gasteiger partial charge in [0.1, 0.15) is 5.75 Å². The van der Waals surface area contributed by atoms with Crippen molar-refractivity contribution >= 4 is 0 Å². The van der Waals surface area contributed by atoms with Crippen molar-refractivity contribution in [1.29, 1.82) is 0 Å². The first kappa shape index (κ1) is 11.1. The van der Waals surface area contributed by atoms with E-state index in [9.17, 15) is 0 Å². The minimum atomic E-state index is 0.578. The molecule has 1 unspecified atom stereocenters. The molecule has 0 aromatic heterocycles. The number of fused-ring (bicyclic) bond motifs is 1. The highest BCUT2D eigenvalue weighted by Crippen LogP contribution is 2.28. The molecule has 3 rings (SSSR count). The summed E-state index contributed by atoms with van der Waals surface area (Å²) in [5.41, 5.74) is 2.87. The smallest absolute Gasteiger partial charge is 0.119 e. The van der Waals surface area contributed by atoms with Crippen LogP contribution in [0.2, 0.25) is 0 Å². The van der Waals surface area contributed by atoms with Crippen molar-refractivity contribution in [2.75, 3.05) is 20.2 Å². The molecule has 17 heavy (non-hydrogen) atoms. The number of nitrogens with one attached hydrogen (secondary N) is 2. The first-order chi connectivity index (χ1) is 8.36. The average Bonchev–Trinajstić information content (AvgIpc) is 3.19. The molecule has 3 heteroatoms. The third kappa shape index (κ3) is 2.45. The summed E-state index contributed by atoms with van der Waals surface area (Å²) in [6.07, 6.45) is 2.70. The van der Waals surface area contributed by atoms with Gasteiger partial charge in [-0.3, -0.25) is 0 Å². The van der Waals surface area contributed by atoms with Crippen LogP contribution in [-0.2, 0) is 6.54 Å². The van der Waals surface area contributed by atoms with E-state index in [1.807, 2.05) is 0 Å². The Morgan fingerprint density at radius 1 is 1.41 bits per heavy atom. The van der Waals surface area contributed by atoms with E-state index in [4.69, 9.17) is 4.74 Å². The van der Waals surface area contributed by atoms with E-state index >= 15 is 0 Å². The van der Waals surface area contributed by atoms with E-state index in [2.05, 4.69) is 28.8 Å². The minimum absolute atomic E-state index is 0.578. The molecule has 1 aliphatic carbocycles. The van der Waals surface area contributed by atoms with Crippen LogP contribution in [-0.4, -0.2) is 26.2 Å². The lowest BCUT2D eigenvalue weighted by atomic mass is 9.90. The molecule has 1 saturated carbocycles. The van der Waals surface area contributed by atoms with Gasteiger partial charge < -0.3 is 15.4 Å². The third-order valence-corrected chi connectivity index (χ3v) is 3.73. The Bertz CT molecular complexity index is 401. The van der Waals surface area contributed by atoms with Gasteiger partial charge in [-0.05, 0) is 36.1 Å². The maximum absolute atomic E-state index is 5.33. The van der Waals surface area contributed by atoms with E-state index in [0.29, 0.717) is 5.92 Å². The van der Waals surface area contributed by atoms with Crippen LogP contribution in [0.4, 0.5) is 0 Å². The number of ether oxygens (including phenoxy) is 1. The van der Waals surface area contributed by atoms with Gasteiger partial charge in [-0.1, -0.05) is 6.07 Å². The predicted molar refractivity (Wildman–Crippen MR) is 68.5 cm³/mol. The van der Waals surface area contributed by atoms with Gasteiger partial charge in [0.2, 0.25) is 0 Å². The van der Waals surface area contributed by atoms with Gasteiger partial charge in [0, 0.05) is 31.6 Å². The first-order valence-electron chi connectivity index (χ1n) is 6.47. The second-order valence-corrected chi connectivity index (χ2v) is 5.08. The van der Waals surface area contributed by atoms with E-state index in [1.54, 1.807) is 7.11 Å². The summed E-state index contributed by atoms with van der Waals surface area (Å²) in [4.78, 5) is 0. The zero-order valence-electron chi connectivity index (χ0n) is 10.3. The molecule has 1 aromatic carbocycles. The maximum atomic E-state index is 5.33. The van der Waals surface area contributed by atoms with Crippen LogP contribution in [0.5, 0.6) is 5.75 Å². The van der Waals surface area contributed by atoms with Crippen LogP contribution in [0, 0.1) is 0 Å². The van der Waals surface area contributed by atoms with Crippen LogP contribution in [0.15, 0.2) is 18.2 Å². The largest absolute Gasteiger partial charge is 0.497 e. The van der Waals surface area contributed by atoms with Crippen molar-refractivity contribution in [3.8, 4) is 5.75 Å². The van der Waals surface area contributed by atoms with Crippen molar-refractivity contribution in [3.63, 3.8) is 0 Å². The zero-order valence-corrected chi connectivity index (χ0v) is 10.3. The van der Waals surface area contributed by atoms with Crippen LogP contribution in [0.3, 0.4) is 0 Å². The van der Waals surface area contributed by atoms with Crippen LogP contribution in [0.1, 0.15) is 29.9 Å². The highest BCUT2D eigenvalue weighted by Gasteiger charge is 2.25. The Kier molecular flexibility index (Phi) is 3.04. The van der Waals surface area contributed by atoms with Gasteiger partial charge in [-0.25, -0.2) is 0 Å². The number of rotatable bonds is 4. The fraction of sp³-hybridized carbons (Fsp3) is 0.571. The highest BCUT2D eigenvalue weighted by atomic mass is 16.5. The fourth-order valence-electron chi connectivity index (χ4n) is 2.51. The van der Waals surface area contributed by atoms with Gasteiger partial charge >= 0.3 is 0 Å². The highest BCUT2D eigenvalue weighted by molar-refractivity contribution is 5.39. The van der Waals surface area contributed by atoms with Gasteiger partial charge in [-0.15, -0.1) is 0 Å². The summed E-state index contributed by atoms with van der Waals surface area (Å²) in [5.74, 6) is 1.55. The van der Waals surface area contributed by atoms with Gasteiger partial charge in [-0.2, -0.15) is 0 Å². The Morgan fingerprint density at radius 3 is 3.06 bits per heavy atom. The van der Waals surface area contributed by atoms with Crippen molar-refractivity contribution < 1.29 is 4.74 Å². The molecule has 0 bridgehead atoms. The fourth-order valence-corrected chi connectivity index (χ4v) is 2.51. The molecule has 1 heterocycles. The van der Waals surface area contributed by atoms with Crippen molar-refractivity contribution in [3.05, 3.63) is 29.3 Å². The number of benzene rings is 1. The molecule has 1 fully saturated rings. The molecule has 1 atom stereocenters. The zero-order chi connectivity index (χ0) is 11.7. The van der Waals surface area contributed by atoms with Crippen molar-refractivity contribution in [1.82, 2.24) is 10.6 Å². The predicted octanol–water partition coefficient (Wildman–Crippen LogP) is 1.63. The molecule has 0 saturated heterocycles. The summed E-state index contributed by atoms with van der Waals surface area (Å²) in [6.45, 7) is 3.14. The SMILES string of the molecule is COc1ccc2c(c1)C(CNC1CC1)CNC2. The Hall–Kier alpha value is -1.06. The summed E-state index contributed by atoms with van der Waals surface area (Å²) in [7, 11) is 1.74. The molecule has 2 N–H and O–H groups in total. The lowest BCUT2D eigenvalue weighted by molar-refractivity contribution is 0.411. The molecule has 1 aromatic rings. The van der Waals surface area contributed by atoms with Crippen molar-refractivity contribution in [2.45, 2.75) is 31.3 Å². The first-order valence-corrected chi connectivity index (χ1v) is 6.47. The minimum Gasteiger partial charge on any atom is -0.497 e. The summed E-state index contributed by atoms with van der Waals surface area (Å²) in [5, 5.41) is 7.12. The second-order valence-electron chi connectivity index (χ2n) is 5.08. The molecule has 0 amide bonds. The number of hydrogen-bond donors (Lipinski definition) is 2. The van der Waals surface area contributed by atoms with Gasteiger partial charge in [0.05, 0.1) is 7.11 Å². The second kappa shape index (κ2) is 4.67. The lowest BCUT2D eigenvalue weighted by Gasteiger charge is -2.27. The van der Waals surface area contributed by atoms with Crippen molar-refractivity contribution in [2.24, 2.45) is 0 Å². The standard InChI is InChI=1S/C14H20N2O/c1-17-13-5-2-10-7-15-8-11(14(10)6-13)9-16-12-3-4-12/h2,5-6,11-12,15-16H,3-4,7-9H2,1H3. The third-order valence-electron chi connectivity index (χ3n) is 3.73. The summed E-state index contributed by atoms with van der Waals surface area (Å²) >= 11 is 0. The molecular weight excluding hydrogens is 212 g/mol. The summed E-state index contributed by atoms with van der Waals surface area (Å²) in [6, 6.07) is 7.22. The van der Waals surface area contributed by atoms with Gasteiger partial charge in [0.25, 0.3) is 0 Å². The monoisotopic (exact) mass is 232 g/mol. The molecule has 2 aliphatic rings. The molecular formula is C14H20N2O. The number of methoxy groups -OCH3 is 1. The molecule has 0 spiro atoms. The quantitative estimate of drug-likeness (QED) is 0.828. The Balaban J connectivity index is 1.77. The molecule has 3 nitrogen and oxygen atoms in total. The maximum Gasteiger partial charge on any atom is 0.119 e. The molecule has 0 radical (unpaired) electrons. The molecule has 92 valence electrons. The number of hydrogen-bond acceptors (Lipinski definition) is 3. The van der Waals surface area contributed by atoms with E-state index < -0.39 is 0 Å². The Morgan fingerprint density at radius 2 is 2.29 bits per heavy atom. The van der Waals surface area contributed by atoms with Crippen LogP contribution < -0.4 is 15.4 Å². The average molecular weight is 232 g/mol. The normalized spacial score (nSPS) is 23.2. The topological polar surface area (TPSA) is 33.3 Å². The van der Waals surface area contributed by atoms with Crippen LogP contribution in [0.25, 0.3) is 0 Å².